The van der Waals surface area contributed by atoms with Crippen LogP contribution in [0.4, 0.5) is 0 Å². The highest BCUT2D eigenvalue weighted by atomic mass is 16.3. The Morgan fingerprint density at radius 1 is 1.29 bits per heavy atom. The average molecular weight is 188 g/mol. The van der Waals surface area contributed by atoms with Gasteiger partial charge in [0, 0.05) is 0 Å². The fourth-order valence-electron chi connectivity index (χ4n) is 1.37. The highest BCUT2D eigenvalue weighted by Gasteiger charge is 2.10. The summed E-state index contributed by atoms with van der Waals surface area (Å²) < 4.78 is 5.13. The van der Waals surface area contributed by atoms with E-state index in [0.717, 1.165) is 6.42 Å². The molecule has 0 unspecified atom stereocenters. The molecule has 2 rings (SSSR count). The normalized spacial score (nSPS) is 12.6. The van der Waals surface area contributed by atoms with E-state index < -0.39 is 0 Å². The summed E-state index contributed by atoms with van der Waals surface area (Å²) in [5, 5.41) is 0. The second kappa shape index (κ2) is 4.07. The Morgan fingerprint density at radius 3 is 2.71 bits per heavy atom. The molecule has 14 heavy (non-hydrogen) atoms. The van der Waals surface area contributed by atoms with Gasteiger partial charge in [-0.3, -0.25) is 0 Å². The maximum Gasteiger partial charge on any atom is 0.211 e. The van der Waals surface area contributed by atoms with Gasteiger partial charge in [0.15, 0.2) is 0 Å². The lowest BCUT2D eigenvalue weighted by atomic mass is 10.1. The molecule has 0 saturated carbocycles. The van der Waals surface area contributed by atoms with Crippen LogP contribution >= 0.6 is 0 Å². The summed E-state index contributed by atoms with van der Waals surface area (Å²) >= 11 is 0. The van der Waals surface area contributed by atoms with E-state index in [-0.39, 0.29) is 6.04 Å². The second-order valence-electron chi connectivity index (χ2n) is 3.17. The average Bonchev–Trinajstić information content (AvgIpc) is 2.72. The highest BCUT2D eigenvalue weighted by Crippen LogP contribution is 2.13. The third-order valence-electron chi connectivity index (χ3n) is 2.07. The van der Waals surface area contributed by atoms with Gasteiger partial charge in [0.2, 0.25) is 5.89 Å². The standard InChI is InChI=1S/C11H12N2O/c12-10(11-13-6-7-14-11)8-9-4-2-1-3-5-9/h1-7,10H,8,12H2/t10-/m1/s1. The summed E-state index contributed by atoms with van der Waals surface area (Å²) in [6.07, 6.45) is 3.90. The minimum Gasteiger partial charge on any atom is -0.447 e. The van der Waals surface area contributed by atoms with Gasteiger partial charge in [-0.15, -0.1) is 0 Å². The van der Waals surface area contributed by atoms with Crippen molar-refractivity contribution in [3.8, 4) is 0 Å². The fourth-order valence-corrected chi connectivity index (χ4v) is 1.37. The van der Waals surface area contributed by atoms with Gasteiger partial charge >= 0.3 is 0 Å². The molecule has 1 aromatic carbocycles. The van der Waals surface area contributed by atoms with Crippen molar-refractivity contribution in [2.75, 3.05) is 0 Å². The summed E-state index contributed by atoms with van der Waals surface area (Å²) in [5.41, 5.74) is 7.11. The first-order chi connectivity index (χ1) is 6.86. The third kappa shape index (κ3) is 2.00. The van der Waals surface area contributed by atoms with Crippen molar-refractivity contribution >= 4 is 0 Å². The molecule has 3 nitrogen and oxygen atoms in total. The monoisotopic (exact) mass is 188 g/mol. The first-order valence-corrected chi connectivity index (χ1v) is 4.55. The van der Waals surface area contributed by atoms with Gasteiger partial charge in [0.25, 0.3) is 0 Å². The lowest BCUT2D eigenvalue weighted by molar-refractivity contribution is 0.448. The topological polar surface area (TPSA) is 52.0 Å². The molecule has 0 fully saturated rings. The first kappa shape index (κ1) is 8.97. The molecular weight excluding hydrogens is 176 g/mol. The fraction of sp³-hybridized carbons (Fsp3) is 0.182. The van der Waals surface area contributed by atoms with Crippen molar-refractivity contribution < 1.29 is 4.42 Å². The Bertz CT molecular complexity index is 369. The predicted molar refractivity (Wildman–Crippen MR) is 53.6 cm³/mol. The summed E-state index contributed by atoms with van der Waals surface area (Å²) in [4.78, 5) is 4.02. The van der Waals surface area contributed by atoms with Crippen LogP contribution in [-0.4, -0.2) is 4.98 Å². The largest absolute Gasteiger partial charge is 0.447 e. The molecule has 0 bridgehead atoms. The summed E-state index contributed by atoms with van der Waals surface area (Å²) in [5.74, 6) is 0.592. The van der Waals surface area contributed by atoms with Crippen LogP contribution in [0, 0.1) is 0 Å². The maximum absolute atomic E-state index is 5.92. The SMILES string of the molecule is N[C@H](Cc1ccccc1)c1ncco1. The zero-order chi connectivity index (χ0) is 9.80. The molecule has 1 atom stereocenters. The number of benzene rings is 1. The smallest absolute Gasteiger partial charge is 0.211 e. The van der Waals surface area contributed by atoms with Crippen LogP contribution in [0.3, 0.4) is 0 Å². The van der Waals surface area contributed by atoms with Crippen LogP contribution in [0.5, 0.6) is 0 Å². The number of rotatable bonds is 3. The van der Waals surface area contributed by atoms with E-state index in [1.165, 1.54) is 5.56 Å². The Hall–Kier alpha value is -1.61. The van der Waals surface area contributed by atoms with E-state index in [1.807, 2.05) is 30.3 Å². The van der Waals surface area contributed by atoms with Crippen molar-refractivity contribution in [2.24, 2.45) is 5.73 Å². The third-order valence-corrected chi connectivity index (χ3v) is 2.07. The van der Waals surface area contributed by atoms with Crippen LogP contribution in [0.25, 0.3) is 0 Å². The van der Waals surface area contributed by atoms with Crippen molar-refractivity contribution in [1.82, 2.24) is 4.98 Å². The quantitative estimate of drug-likeness (QED) is 0.800. The molecule has 0 aliphatic rings. The van der Waals surface area contributed by atoms with Crippen molar-refractivity contribution in [2.45, 2.75) is 12.5 Å². The molecule has 0 saturated heterocycles. The van der Waals surface area contributed by atoms with Gasteiger partial charge in [-0.05, 0) is 12.0 Å². The lowest BCUT2D eigenvalue weighted by Crippen LogP contribution is -2.13. The molecule has 3 heteroatoms. The Labute approximate surface area is 82.6 Å². The molecule has 2 N–H and O–H groups in total. The van der Waals surface area contributed by atoms with Crippen LogP contribution in [0.15, 0.2) is 47.2 Å². The van der Waals surface area contributed by atoms with E-state index in [0.29, 0.717) is 5.89 Å². The number of nitrogens with zero attached hydrogens (tertiary/aromatic N) is 1. The van der Waals surface area contributed by atoms with Gasteiger partial charge in [-0.25, -0.2) is 4.98 Å². The van der Waals surface area contributed by atoms with Gasteiger partial charge in [-0.1, -0.05) is 30.3 Å². The Kier molecular flexibility index (Phi) is 2.60. The van der Waals surface area contributed by atoms with E-state index in [1.54, 1.807) is 12.5 Å². The van der Waals surface area contributed by atoms with E-state index in [9.17, 15) is 0 Å². The van der Waals surface area contributed by atoms with Gasteiger partial charge in [-0.2, -0.15) is 0 Å². The van der Waals surface area contributed by atoms with Crippen molar-refractivity contribution in [3.05, 3.63) is 54.2 Å². The number of nitrogens with two attached hydrogens (primary N) is 1. The molecule has 0 aliphatic heterocycles. The molecule has 1 aromatic heterocycles. The van der Waals surface area contributed by atoms with E-state index in [2.05, 4.69) is 4.98 Å². The molecule has 72 valence electrons. The van der Waals surface area contributed by atoms with E-state index in [4.69, 9.17) is 10.2 Å². The highest BCUT2D eigenvalue weighted by molar-refractivity contribution is 5.16. The minimum absolute atomic E-state index is 0.160. The zero-order valence-electron chi connectivity index (χ0n) is 7.76. The summed E-state index contributed by atoms with van der Waals surface area (Å²) in [6, 6.07) is 9.91. The Balaban J connectivity index is 2.06. The van der Waals surface area contributed by atoms with E-state index >= 15 is 0 Å². The zero-order valence-corrected chi connectivity index (χ0v) is 7.76. The number of aromatic nitrogens is 1. The van der Waals surface area contributed by atoms with Crippen molar-refractivity contribution in [1.29, 1.82) is 0 Å². The Morgan fingerprint density at radius 2 is 2.07 bits per heavy atom. The molecule has 0 aliphatic carbocycles. The predicted octanol–water partition coefficient (Wildman–Crippen LogP) is 1.92. The second-order valence-corrected chi connectivity index (χ2v) is 3.17. The molecule has 0 spiro atoms. The summed E-state index contributed by atoms with van der Waals surface area (Å²) in [7, 11) is 0. The molecule has 2 aromatic rings. The lowest BCUT2D eigenvalue weighted by Gasteiger charge is -2.06. The first-order valence-electron chi connectivity index (χ1n) is 4.55. The molecule has 1 heterocycles. The van der Waals surface area contributed by atoms with Gasteiger partial charge < -0.3 is 10.2 Å². The molecule has 0 radical (unpaired) electrons. The van der Waals surface area contributed by atoms with Gasteiger partial charge in [0.1, 0.15) is 6.26 Å². The van der Waals surface area contributed by atoms with Crippen LogP contribution < -0.4 is 5.73 Å². The maximum atomic E-state index is 5.92. The van der Waals surface area contributed by atoms with Crippen molar-refractivity contribution in [3.63, 3.8) is 0 Å². The van der Waals surface area contributed by atoms with Gasteiger partial charge in [0.05, 0.1) is 12.2 Å². The number of hydrogen-bond donors (Lipinski definition) is 1. The van der Waals surface area contributed by atoms with Crippen LogP contribution in [0.1, 0.15) is 17.5 Å². The number of hydrogen-bond acceptors (Lipinski definition) is 3. The van der Waals surface area contributed by atoms with Crippen LogP contribution in [0.2, 0.25) is 0 Å². The minimum atomic E-state index is -0.160. The number of oxazole rings is 1. The molecular formula is C11H12N2O. The molecule has 0 amide bonds. The summed E-state index contributed by atoms with van der Waals surface area (Å²) in [6.45, 7) is 0. The van der Waals surface area contributed by atoms with Crippen LogP contribution in [-0.2, 0) is 6.42 Å².